The number of benzene rings is 2. The van der Waals surface area contributed by atoms with E-state index in [-0.39, 0.29) is 17.5 Å². The minimum atomic E-state index is -0.491. The number of nitrogens with one attached hydrogen (secondary N) is 1. The van der Waals surface area contributed by atoms with Gasteiger partial charge in [0.15, 0.2) is 0 Å². The van der Waals surface area contributed by atoms with Crippen LogP contribution < -0.4 is 5.32 Å². The molecule has 2 aromatic rings. The molecule has 1 aliphatic carbocycles. The molecule has 2 nitrogen and oxygen atoms in total. The minimum Gasteiger partial charge on any atom is -0.349 e. The molecule has 22 heavy (non-hydrogen) atoms. The highest BCUT2D eigenvalue weighted by Crippen LogP contribution is 2.34. The first-order valence-corrected chi connectivity index (χ1v) is 8.22. The molecule has 0 heterocycles. The summed E-state index contributed by atoms with van der Waals surface area (Å²) in [6.07, 6.45) is 3.03. The van der Waals surface area contributed by atoms with Gasteiger partial charge in [0.25, 0.3) is 5.91 Å². The fourth-order valence-electron chi connectivity index (χ4n) is 2.62. The van der Waals surface area contributed by atoms with E-state index in [1.165, 1.54) is 17.7 Å². The van der Waals surface area contributed by atoms with E-state index < -0.39 is 5.82 Å². The third-order valence-corrected chi connectivity index (χ3v) is 4.47. The standard InChI is InChI=1S/C18H17BrFNO/c19-14-8-9-16(20)15(11-14)18(22)21-17(13-6-7-13)10-12-4-2-1-3-5-12/h1-5,8-9,11,13,17H,6-7,10H2,(H,21,22). The zero-order chi connectivity index (χ0) is 15.5. The van der Waals surface area contributed by atoms with E-state index >= 15 is 0 Å². The fraction of sp³-hybridized carbons (Fsp3) is 0.278. The van der Waals surface area contributed by atoms with Crippen molar-refractivity contribution in [2.24, 2.45) is 5.92 Å². The van der Waals surface area contributed by atoms with Gasteiger partial charge >= 0.3 is 0 Å². The van der Waals surface area contributed by atoms with E-state index in [0.29, 0.717) is 10.4 Å². The summed E-state index contributed by atoms with van der Waals surface area (Å²) in [4.78, 5) is 12.4. The predicted molar refractivity (Wildman–Crippen MR) is 88.2 cm³/mol. The van der Waals surface area contributed by atoms with Crippen molar-refractivity contribution in [3.05, 3.63) is 69.9 Å². The maximum Gasteiger partial charge on any atom is 0.254 e. The second-order valence-corrected chi connectivity index (χ2v) is 6.65. The summed E-state index contributed by atoms with van der Waals surface area (Å²) < 4.78 is 14.5. The Balaban J connectivity index is 1.73. The van der Waals surface area contributed by atoms with Crippen LogP contribution >= 0.6 is 15.9 Å². The lowest BCUT2D eigenvalue weighted by Gasteiger charge is -2.19. The lowest BCUT2D eigenvalue weighted by atomic mass is 10.0. The summed E-state index contributed by atoms with van der Waals surface area (Å²) in [7, 11) is 0. The van der Waals surface area contributed by atoms with E-state index in [1.807, 2.05) is 18.2 Å². The molecule has 0 aliphatic heterocycles. The van der Waals surface area contributed by atoms with Crippen LogP contribution in [0, 0.1) is 11.7 Å². The summed E-state index contributed by atoms with van der Waals surface area (Å²) in [5.74, 6) is -0.332. The Kier molecular flexibility index (Phi) is 4.57. The van der Waals surface area contributed by atoms with Crippen LogP contribution in [0.2, 0.25) is 0 Å². The van der Waals surface area contributed by atoms with Gasteiger partial charge in [0.2, 0.25) is 0 Å². The van der Waals surface area contributed by atoms with Crippen molar-refractivity contribution in [3.8, 4) is 0 Å². The Morgan fingerprint density at radius 3 is 2.64 bits per heavy atom. The van der Waals surface area contributed by atoms with E-state index in [1.54, 1.807) is 6.07 Å². The molecule has 3 rings (SSSR count). The molecule has 0 radical (unpaired) electrons. The summed E-state index contributed by atoms with van der Waals surface area (Å²) in [5, 5.41) is 3.01. The molecule has 0 spiro atoms. The van der Waals surface area contributed by atoms with Crippen LogP contribution in [0.25, 0.3) is 0 Å². The van der Waals surface area contributed by atoms with Crippen LogP contribution in [0.15, 0.2) is 53.0 Å². The Bertz CT molecular complexity index is 670. The van der Waals surface area contributed by atoms with Gasteiger partial charge in [-0.2, -0.15) is 0 Å². The maximum absolute atomic E-state index is 13.8. The lowest BCUT2D eigenvalue weighted by molar-refractivity contribution is 0.0928. The van der Waals surface area contributed by atoms with Gasteiger partial charge in [0.1, 0.15) is 5.82 Å². The van der Waals surface area contributed by atoms with Crippen LogP contribution in [0.1, 0.15) is 28.8 Å². The first-order chi connectivity index (χ1) is 10.6. The molecular weight excluding hydrogens is 345 g/mol. The molecule has 1 atom stereocenters. The third kappa shape index (κ3) is 3.74. The van der Waals surface area contributed by atoms with Crippen LogP contribution in [0.4, 0.5) is 4.39 Å². The Morgan fingerprint density at radius 2 is 1.95 bits per heavy atom. The van der Waals surface area contributed by atoms with Gasteiger partial charge < -0.3 is 5.32 Å². The topological polar surface area (TPSA) is 29.1 Å². The van der Waals surface area contributed by atoms with Crippen LogP contribution in [0.3, 0.4) is 0 Å². The molecule has 1 saturated carbocycles. The average Bonchev–Trinajstić information content (AvgIpc) is 3.35. The first kappa shape index (κ1) is 15.2. The van der Waals surface area contributed by atoms with Crippen molar-refractivity contribution in [2.45, 2.75) is 25.3 Å². The summed E-state index contributed by atoms with van der Waals surface area (Å²) >= 11 is 3.28. The SMILES string of the molecule is O=C(NC(Cc1ccccc1)C1CC1)c1cc(Br)ccc1F. The number of amides is 1. The molecule has 1 aliphatic rings. The molecule has 114 valence electrons. The van der Waals surface area contributed by atoms with Crippen LogP contribution in [-0.4, -0.2) is 11.9 Å². The van der Waals surface area contributed by atoms with Gasteiger partial charge in [-0.05, 0) is 48.9 Å². The zero-order valence-electron chi connectivity index (χ0n) is 12.1. The van der Waals surface area contributed by atoms with Crippen molar-refractivity contribution in [2.75, 3.05) is 0 Å². The molecule has 2 aromatic carbocycles. The third-order valence-electron chi connectivity index (χ3n) is 3.98. The van der Waals surface area contributed by atoms with Crippen molar-refractivity contribution in [3.63, 3.8) is 0 Å². The molecule has 1 amide bonds. The van der Waals surface area contributed by atoms with Crippen LogP contribution in [-0.2, 0) is 6.42 Å². The summed E-state index contributed by atoms with van der Waals surface area (Å²) in [5.41, 5.74) is 1.28. The van der Waals surface area contributed by atoms with Gasteiger partial charge in [-0.25, -0.2) is 4.39 Å². The second-order valence-electron chi connectivity index (χ2n) is 5.73. The molecule has 1 fully saturated rings. The summed E-state index contributed by atoms with van der Waals surface area (Å²) in [6.45, 7) is 0. The zero-order valence-corrected chi connectivity index (χ0v) is 13.6. The number of halogens is 2. The van der Waals surface area contributed by atoms with Crippen molar-refractivity contribution in [1.82, 2.24) is 5.32 Å². The van der Waals surface area contributed by atoms with Crippen molar-refractivity contribution >= 4 is 21.8 Å². The van der Waals surface area contributed by atoms with Gasteiger partial charge in [-0.15, -0.1) is 0 Å². The number of carbonyl (C=O) groups excluding carboxylic acids is 1. The van der Waals surface area contributed by atoms with Crippen molar-refractivity contribution < 1.29 is 9.18 Å². The molecule has 4 heteroatoms. The predicted octanol–water partition coefficient (Wildman–Crippen LogP) is 4.34. The number of hydrogen-bond acceptors (Lipinski definition) is 1. The number of rotatable bonds is 5. The monoisotopic (exact) mass is 361 g/mol. The van der Waals surface area contributed by atoms with E-state index in [4.69, 9.17) is 0 Å². The van der Waals surface area contributed by atoms with Gasteiger partial charge in [-0.1, -0.05) is 46.3 Å². The molecule has 1 unspecified atom stereocenters. The lowest BCUT2D eigenvalue weighted by Crippen LogP contribution is -2.38. The quantitative estimate of drug-likeness (QED) is 0.843. The van der Waals surface area contributed by atoms with Crippen molar-refractivity contribution in [1.29, 1.82) is 0 Å². The first-order valence-electron chi connectivity index (χ1n) is 7.43. The van der Waals surface area contributed by atoms with Gasteiger partial charge in [0, 0.05) is 10.5 Å². The van der Waals surface area contributed by atoms with E-state index in [9.17, 15) is 9.18 Å². The number of carbonyl (C=O) groups is 1. The molecule has 0 aromatic heterocycles. The van der Waals surface area contributed by atoms with Gasteiger partial charge in [-0.3, -0.25) is 4.79 Å². The average molecular weight is 362 g/mol. The van der Waals surface area contributed by atoms with Gasteiger partial charge in [0.05, 0.1) is 5.56 Å². The Morgan fingerprint density at radius 1 is 1.23 bits per heavy atom. The molecular formula is C18H17BrFNO. The molecule has 1 N–H and O–H groups in total. The highest BCUT2D eigenvalue weighted by atomic mass is 79.9. The van der Waals surface area contributed by atoms with E-state index in [0.717, 1.165) is 19.3 Å². The Labute approximate surface area is 137 Å². The number of hydrogen-bond donors (Lipinski definition) is 1. The second kappa shape index (κ2) is 6.61. The molecule has 0 saturated heterocycles. The maximum atomic E-state index is 13.8. The molecule has 0 bridgehead atoms. The highest BCUT2D eigenvalue weighted by Gasteiger charge is 2.32. The highest BCUT2D eigenvalue weighted by molar-refractivity contribution is 9.10. The smallest absolute Gasteiger partial charge is 0.254 e. The minimum absolute atomic E-state index is 0.0632. The largest absolute Gasteiger partial charge is 0.349 e. The normalized spacial score (nSPS) is 15.4. The fourth-order valence-corrected chi connectivity index (χ4v) is 2.98. The van der Waals surface area contributed by atoms with Crippen LogP contribution in [0.5, 0.6) is 0 Å². The van der Waals surface area contributed by atoms with E-state index in [2.05, 4.69) is 33.4 Å². The Hall–Kier alpha value is -1.68. The summed E-state index contributed by atoms with van der Waals surface area (Å²) in [6, 6.07) is 14.6.